The molecular weight excluding hydrogens is 392 g/mol. The Morgan fingerprint density at radius 3 is 2.81 bits per heavy atom. The van der Waals surface area contributed by atoms with Gasteiger partial charge in [-0.25, -0.2) is 0 Å². The summed E-state index contributed by atoms with van der Waals surface area (Å²) in [5.74, 6) is 3.16. The maximum absolute atomic E-state index is 6.18. The summed E-state index contributed by atoms with van der Waals surface area (Å²) in [7, 11) is 0. The Balaban J connectivity index is 1.29. The van der Waals surface area contributed by atoms with Gasteiger partial charge in [0.25, 0.3) is 0 Å². The van der Waals surface area contributed by atoms with E-state index in [4.69, 9.17) is 18.9 Å². The molecule has 6 nitrogen and oxygen atoms in total. The molecule has 5 rings (SSSR count). The molecular formula is C25H26N2O4. The van der Waals surface area contributed by atoms with Crippen LogP contribution in [0, 0.1) is 0 Å². The summed E-state index contributed by atoms with van der Waals surface area (Å²) in [6, 6.07) is 13.7. The van der Waals surface area contributed by atoms with Crippen LogP contribution in [0.2, 0.25) is 0 Å². The maximum atomic E-state index is 6.18. The van der Waals surface area contributed by atoms with Gasteiger partial charge in [0.05, 0.1) is 18.7 Å². The Bertz CT molecular complexity index is 1110. The number of hydrogen-bond acceptors (Lipinski definition) is 6. The number of morpholine rings is 1. The average Bonchev–Trinajstić information content (AvgIpc) is 2.80. The number of aromatic nitrogens is 1. The van der Waals surface area contributed by atoms with Crippen molar-refractivity contribution in [2.75, 3.05) is 46.1 Å². The molecule has 2 aliphatic rings. The fourth-order valence-electron chi connectivity index (χ4n) is 3.85. The molecule has 0 bridgehead atoms. The van der Waals surface area contributed by atoms with Crippen LogP contribution in [0.4, 0.5) is 0 Å². The Kier molecular flexibility index (Phi) is 5.74. The molecule has 0 aliphatic carbocycles. The molecule has 1 aromatic heterocycles. The monoisotopic (exact) mass is 418 g/mol. The van der Waals surface area contributed by atoms with E-state index in [1.54, 1.807) is 6.20 Å². The van der Waals surface area contributed by atoms with E-state index in [9.17, 15) is 0 Å². The highest BCUT2D eigenvalue weighted by Crippen LogP contribution is 2.35. The molecule has 0 atom stereocenters. The number of fused-ring (bicyclic) bond motifs is 2. The molecule has 6 heteroatoms. The highest BCUT2D eigenvalue weighted by Gasteiger charge is 2.13. The van der Waals surface area contributed by atoms with Crippen molar-refractivity contribution >= 4 is 17.0 Å². The lowest BCUT2D eigenvalue weighted by molar-refractivity contribution is 0.0322. The highest BCUT2D eigenvalue weighted by atomic mass is 16.5. The number of nitrogens with zero attached hydrogens (tertiary/aromatic N) is 2. The summed E-state index contributed by atoms with van der Waals surface area (Å²) >= 11 is 0. The fourth-order valence-corrected chi connectivity index (χ4v) is 3.85. The highest BCUT2D eigenvalue weighted by molar-refractivity contribution is 5.86. The number of rotatable bonds is 6. The number of hydrogen-bond donors (Lipinski definition) is 0. The van der Waals surface area contributed by atoms with Gasteiger partial charge in [0.1, 0.15) is 36.2 Å². The number of benzene rings is 2. The second-order valence-corrected chi connectivity index (χ2v) is 7.87. The van der Waals surface area contributed by atoms with Gasteiger partial charge in [0.15, 0.2) is 0 Å². The lowest BCUT2D eigenvalue weighted by Gasteiger charge is -2.26. The molecule has 1 saturated heterocycles. The quantitative estimate of drug-likeness (QED) is 0.586. The summed E-state index contributed by atoms with van der Waals surface area (Å²) in [5.41, 5.74) is 3.13. The average molecular weight is 418 g/mol. The SMILES string of the molecule is CC1=Cc2ccc(Oc3ccnc4cc(OCCN5CCOCC5)ccc34)cc2OC1. The molecule has 3 heterocycles. The molecule has 0 N–H and O–H groups in total. The molecule has 0 amide bonds. The van der Waals surface area contributed by atoms with E-state index in [1.807, 2.05) is 42.5 Å². The first-order chi connectivity index (χ1) is 15.2. The van der Waals surface area contributed by atoms with Crippen LogP contribution in [0.1, 0.15) is 12.5 Å². The standard InChI is InChI=1S/C25H26N2O4/c1-18-14-19-2-3-21(16-25(19)30-17-18)31-24-6-7-26-23-15-20(4-5-22(23)24)29-13-10-27-8-11-28-12-9-27/h2-7,14-16H,8-13,17H2,1H3. The predicted molar refractivity (Wildman–Crippen MR) is 120 cm³/mol. The van der Waals surface area contributed by atoms with Gasteiger partial charge in [-0.3, -0.25) is 9.88 Å². The van der Waals surface area contributed by atoms with Crippen LogP contribution >= 0.6 is 0 Å². The van der Waals surface area contributed by atoms with E-state index in [-0.39, 0.29) is 0 Å². The van der Waals surface area contributed by atoms with E-state index in [0.717, 1.165) is 72.3 Å². The summed E-state index contributed by atoms with van der Waals surface area (Å²) < 4.78 is 23.3. The van der Waals surface area contributed by atoms with Crippen molar-refractivity contribution < 1.29 is 18.9 Å². The minimum atomic E-state index is 0.614. The largest absolute Gasteiger partial charge is 0.492 e. The third-order valence-electron chi connectivity index (χ3n) is 5.52. The van der Waals surface area contributed by atoms with Crippen molar-refractivity contribution in [2.45, 2.75) is 6.92 Å². The molecule has 3 aromatic rings. The van der Waals surface area contributed by atoms with Gasteiger partial charge in [0, 0.05) is 48.9 Å². The molecule has 31 heavy (non-hydrogen) atoms. The van der Waals surface area contributed by atoms with Crippen molar-refractivity contribution in [1.29, 1.82) is 0 Å². The molecule has 2 aromatic carbocycles. The zero-order valence-corrected chi connectivity index (χ0v) is 17.7. The van der Waals surface area contributed by atoms with Crippen LogP contribution in [0.3, 0.4) is 0 Å². The summed E-state index contributed by atoms with van der Waals surface area (Å²) in [5, 5.41) is 0.942. The third kappa shape index (κ3) is 4.65. The minimum Gasteiger partial charge on any atom is -0.492 e. The van der Waals surface area contributed by atoms with Gasteiger partial charge in [-0.05, 0) is 48.9 Å². The van der Waals surface area contributed by atoms with Gasteiger partial charge in [-0.15, -0.1) is 0 Å². The van der Waals surface area contributed by atoms with Crippen molar-refractivity contribution in [2.24, 2.45) is 0 Å². The normalized spacial score (nSPS) is 16.4. The van der Waals surface area contributed by atoms with Crippen LogP contribution in [-0.2, 0) is 4.74 Å². The van der Waals surface area contributed by atoms with Crippen LogP contribution < -0.4 is 14.2 Å². The first-order valence-electron chi connectivity index (χ1n) is 10.7. The van der Waals surface area contributed by atoms with E-state index < -0.39 is 0 Å². The topological polar surface area (TPSA) is 53.1 Å². The van der Waals surface area contributed by atoms with Crippen molar-refractivity contribution in [3.05, 3.63) is 59.8 Å². The number of pyridine rings is 1. The summed E-state index contributed by atoms with van der Waals surface area (Å²) in [6.07, 6.45) is 3.90. The van der Waals surface area contributed by atoms with Gasteiger partial charge in [0.2, 0.25) is 0 Å². The van der Waals surface area contributed by atoms with E-state index >= 15 is 0 Å². The third-order valence-corrected chi connectivity index (χ3v) is 5.52. The number of ether oxygens (including phenoxy) is 4. The summed E-state index contributed by atoms with van der Waals surface area (Å²) in [6.45, 7) is 7.75. The zero-order chi connectivity index (χ0) is 21.0. The zero-order valence-electron chi connectivity index (χ0n) is 17.7. The lowest BCUT2D eigenvalue weighted by atomic mass is 10.1. The molecule has 2 aliphatic heterocycles. The Labute approximate surface area is 182 Å². The molecule has 0 spiro atoms. The van der Waals surface area contributed by atoms with Gasteiger partial charge in [-0.1, -0.05) is 0 Å². The smallest absolute Gasteiger partial charge is 0.138 e. The maximum Gasteiger partial charge on any atom is 0.138 e. The van der Waals surface area contributed by atoms with Gasteiger partial charge in [-0.2, -0.15) is 0 Å². The Morgan fingerprint density at radius 2 is 1.90 bits per heavy atom. The Morgan fingerprint density at radius 1 is 1.03 bits per heavy atom. The second-order valence-electron chi connectivity index (χ2n) is 7.87. The van der Waals surface area contributed by atoms with E-state index in [1.165, 1.54) is 5.57 Å². The minimum absolute atomic E-state index is 0.614. The summed E-state index contributed by atoms with van der Waals surface area (Å²) in [4.78, 5) is 6.86. The van der Waals surface area contributed by atoms with Crippen LogP contribution in [-0.4, -0.2) is 55.9 Å². The van der Waals surface area contributed by atoms with Crippen LogP contribution in [0.15, 0.2) is 54.2 Å². The van der Waals surface area contributed by atoms with Crippen molar-refractivity contribution in [3.8, 4) is 23.0 Å². The molecule has 1 fully saturated rings. The van der Waals surface area contributed by atoms with E-state index in [0.29, 0.717) is 13.2 Å². The molecule has 160 valence electrons. The predicted octanol–water partition coefficient (Wildman–Crippen LogP) is 4.53. The first-order valence-corrected chi connectivity index (χ1v) is 10.7. The van der Waals surface area contributed by atoms with Crippen molar-refractivity contribution in [1.82, 2.24) is 9.88 Å². The van der Waals surface area contributed by atoms with Gasteiger partial charge < -0.3 is 18.9 Å². The van der Waals surface area contributed by atoms with Gasteiger partial charge >= 0.3 is 0 Å². The second kappa shape index (κ2) is 8.96. The van der Waals surface area contributed by atoms with Crippen molar-refractivity contribution in [3.63, 3.8) is 0 Å². The molecule has 0 saturated carbocycles. The molecule has 0 radical (unpaired) electrons. The lowest BCUT2D eigenvalue weighted by Crippen LogP contribution is -2.38. The fraction of sp³-hybridized carbons (Fsp3) is 0.320. The van der Waals surface area contributed by atoms with Crippen LogP contribution in [0.25, 0.3) is 17.0 Å². The first kappa shape index (κ1) is 19.8. The van der Waals surface area contributed by atoms with Crippen LogP contribution in [0.5, 0.6) is 23.0 Å². The Hall–Kier alpha value is -3.09. The van der Waals surface area contributed by atoms with E-state index in [2.05, 4.69) is 22.9 Å². The molecule has 0 unspecified atom stereocenters.